The van der Waals surface area contributed by atoms with Gasteiger partial charge in [0.2, 0.25) is 10.0 Å². The van der Waals surface area contributed by atoms with E-state index in [0.717, 1.165) is 33.7 Å². The maximum Gasteiger partial charge on any atom is 0.209 e. The normalized spacial score (nSPS) is 15.6. The molecule has 1 N–H and O–H groups in total. The minimum absolute atomic E-state index is 0.0210. The molecule has 0 aliphatic heterocycles. The van der Waals surface area contributed by atoms with Gasteiger partial charge in [0.25, 0.3) is 0 Å². The van der Waals surface area contributed by atoms with E-state index in [0.29, 0.717) is 22.7 Å². The fourth-order valence-corrected chi connectivity index (χ4v) is 5.45. The SMILES string of the molecule is CC(C)Oc1ccc(-c2nnc(-c3cccc4c3CCC4NS(C)(=O)=O)s2)cc1C#N. The summed E-state index contributed by atoms with van der Waals surface area (Å²) < 4.78 is 31.8. The molecule has 1 heterocycles. The summed E-state index contributed by atoms with van der Waals surface area (Å²) in [5, 5.41) is 19.7. The Balaban J connectivity index is 1.66. The van der Waals surface area contributed by atoms with E-state index in [4.69, 9.17) is 4.74 Å². The van der Waals surface area contributed by atoms with E-state index >= 15 is 0 Å². The van der Waals surface area contributed by atoms with Crippen LogP contribution in [0.3, 0.4) is 0 Å². The van der Waals surface area contributed by atoms with Crippen molar-refractivity contribution in [2.75, 3.05) is 6.26 Å². The van der Waals surface area contributed by atoms with Gasteiger partial charge in [0.1, 0.15) is 21.8 Å². The Bertz CT molecular complexity index is 1280. The molecule has 7 nitrogen and oxygen atoms in total. The van der Waals surface area contributed by atoms with Gasteiger partial charge in [-0.05, 0) is 56.0 Å². The van der Waals surface area contributed by atoms with E-state index in [1.165, 1.54) is 17.6 Å². The van der Waals surface area contributed by atoms with Crippen molar-refractivity contribution in [2.45, 2.75) is 38.8 Å². The van der Waals surface area contributed by atoms with Crippen LogP contribution in [0, 0.1) is 11.3 Å². The van der Waals surface area contributed by atoms with Gasteiger partial charge in [-0.15, -0.1) is 10.2 Å². The number of ether oxygens (including phenoxy) is 1. The maximum absolute atomic E-state index is 11.7. The third-order valence-electron chi connectivity index (χ3n) is 4.99. The summed E-state index contributed by atoms with van der Waals surface area (Å²) in [6.07, 6.45) is 2.65. The fourth-order valence-electron chi connectivity index (χ4n) is 3.79. The molecule has 9 heteroatoms. The van der Waals surface area contributed by atoms with Crippen molar-refractivity contribution in [1.29, 1.82) is 5.26 Å². The Morgan fingerprint density at radius 3 is 2.71 bits per heavy atom. The number of nitrogens with one attached hydrogen (secondary N) is 1. The lowest BCUT2D eigenvalue weighted by atomic mass is 10.0. The quantitative estimate of drug-likeness (QED) is 0.602. The number of benzene rings is 2. The van der Waals surface area contributed by atoms with Crippen molar-refractivity contribution in [3.8, 4) is 33.0 Å². The van der Waals surface area contributed by atoms with Crippen LogP contribution < -0.4 is 9.46 Å². The predicted molar refractivity (Wildman–Crippen MR) is 120 cm³/mol. The molecular formula is C22H22N4O3S2. The second-order valence-corrected chi connectivity index (χ2v) is 10.5. The largest absolute Gasteiger partial charge is 0.490 e. The van der Waals surface area contributed by atoms with Crippen molar-refractivity contribution < 1.29 is 13.2 Å². The van der Waals surface area contributed by atoms with Gasteiger partial charge in [-0.1, -0.05) is 29.5 Å². The van der Waals surface area contributed by atoms with Crippen LogP contribution in [-0.4, -0.2) is 31.0 Å². The molecule has 1 atom stereocenters. The molecule has 0 amide bonds. The number of sulfonamides is 1. The standard InChI is InChI=1S/C22H22N4O3S2/c1-13(2)29-20-10-7-14(11-15(20)12-23)21-24-25-22(30-21)18-6-4-5-17-16(18)8-9-19(17)26-31(3,27)28/h4-7,10-11,13,19,26H,8-9H2,1-3H3. The van der Waals surface area contributed by atoms with E-state index in [2.05, 4.69) is 21.0 Å². The van der Waals surface area contributed by atoms with Gasteiger partial charge in [0.15, 0.2) is 0 Å². The third-order valence-corrected chi connectivity index (χ3v) is 6.71. The Hall–Kier alpha value is -2.80. The van der Waals surface area contributed by atoms with Gasteiger partial charge >= 0.3 is 0 Å². The molecule has 0 spiro atoms. The fraction of sp³-hybridized carbons (Fsp3) is 0.318. The highest BCUT2D eigenvalue weighted by Gasteiger charge is 2.28. The number of rotatable bonds is 6. The summed E-state index contributed by atoms with van der Waals surface area (Å²) in [6, 6.07) is 13.3. The molecule has 1 aliphatic carbocycles. The number of fused-ring (bicyclic) bond motifs is 1. The highest BCUT2D eigenvalue weighted by molar-refractivity contribution is 7.88. The first kappa shape index (κ1) is 21.4. The first-order valence-electron chi connectivity index (χ1n) is 9.89. The minimum Gasteiger partial charge on any atom is -0.490 e. The first-order chi connectivity index (χ1) is 14.7. The zero-order chi connectivity index (χ0) is 22.2. The van der Waals surface area contributed by atoms with Crippen molar-refractivity contribution in [3.05, 3.63) is 53.1 Å². The first-order valence-corrected chi connectivity index (χ1v) is 12.6. The lowest BCUT2D eigenvalue weighted by Crippen LogP contribution is -2.25. The van der Waals surface area contributed by atoms with Crippen LogP contribution in [0.5, 0.6) is 5.75 Å². The molecule has 2 aromatic carbocycles. The van der Waals surface area contributed by atoms with Gasteiger partial charge in [0.05, 0.1) is 17.9 Å². The molecule has 0 saturated carbocycles. The van der Waals surface area contributed by atoms with Crippen molar-refractivity contribution in [1.82, 2.24) is 14.9 Å². The van der Waals surface area contributed by atoms with E-state index in [-0.39, 0.29) is 12.1 Å². The average Bonchev–Trinajstić information content (AvgIpc) is 3.34. The summed E-state index contributed by atoms with van der Waals surface area (Å²) in [7, 11) is -3.29. The van der Waals surface area contributed by atoms with Gasteiger partial charge in [-0.3, -0.25) is 0 Å². The smallest absolute Gasteiger partial charge is 0.209 e. The molecule has 0 fully saturated rings. The van der Waals surface area contributed by atoms with Crippen molar-refractivity contribution in [2.24, 2.45) is 0 Å². The van der Waals surface area contributed by atoms with E-state index < -0.39 is 10.0 Å². The van der Waals surface area contributed by atoms with E-state index in [1.807, 2.05) is 38.1 Å². The van der Waals surface area contributed by atoms with E-state index in [9.17, 15) is 13.7 Å². The highest BCUT2D eigenvalue weighted by Crippen LogP contribution is 2.40. The van der Waals surface area contributed by atoms with Crippen LogP contribution in [0.25, 0.3) is 21.1 Å². The Morgan fingerprint density at radius 2 is 2.00 bits per heavy atom. The topological polar surface area (TPSA) is 105 Å². The Kier molecular flexibility index (Phi) is 5.79. The predicted octanol–water partition coefficient (Wildman–Crippen LogP) is 4.07. The van der Waals surface area contributed by atoms with Gasteiger partial charge in [-0.25, -0.2) is 13.1 Å². The number of nitrogens with zero attached hydrogens (tertiary/aromatic N) is 3. The molecule has 31 heavy (non-hydrogen) atoms. The molecule has 160 valence electrons. The summed E-state index contributed by atoms with van der Waals surface area (Å²) in [5.74, 6) is 0.552. The van der Waals surface area contributed by atoms with Crippen LogP contribution in [-0.2, 0) is 16.4 Å². The molecule has 1 aliphatic rings. The van der Waals surface area contributed by atoms with Gasteiger partial charge in [-0.2, -0.15) is 5.26 Å². The van der Waals surface area contributed by atoms with E-state index in [1.54, 1.807) is 12.1 Å². The number of nitriles is 1. The summed E-state index contributed by atoms with van der Waals surface area (Å²) in [4.78, 5) is 0. The average molecular weight is 455 g/mol. The lowest BCUT2D eigenvalue weighted by Gasteiger charge is -2.12. The Labute approximate surface area is 185 Å². The summed E-state index contributed by atoms with van der Waals surface area (Å²) in [5.41, 5.74) is 4.32. The van der Waals surface area contributed by atoms with Crippen LogP contribution in [0.15, 0.2) is 36.4 Å². The van der Waals surface area contributed by atoms with Gasteiger partial charge < -0.3 is 4.74 Å². The zero-order valence-corrected chi connectivity index (χ0v) is 19.0. The molecule has 1 aromatic heterocycles. The lowest BCUT2D eigenvalue weighted by molar-refractivity contribution is 0.242. The highest BCUT2D eigenvalue weighted by atomic mass is 32.2. The second kappa shape index (κ2) is 8.38. The molecular weight excluding hydrogens is 432 g/mol. The summed E-state index contributed by atoms with van der Waals surface area (Å²) >= 11 is 1.45. The van der Waals surface area contributed by atoms with Crippen LogP contribution in [0.2, 0.25) is 0 Å². The monoisotopic (exact) mass is 454 g/mol. The zero-order valence-electron chi connectivity index (χ0n) is 17.4. The molecule has 0 radical (unpaired) electrons. The van der Waals surface area contributed by atoms with Crippen molar-refractivity contribution >= 4 is 21.4 Å². The molecule has 0 bridgehead atoms. The molecule has 3 aromatic rings. The number of hydrogen-bond acceptors (Lipinski definition) is 7. The molecule has 1 unspecified atom stereocenters. The van der Waals surface area contributed by atoms with Crippen LogP contribution >= 0.6 is 11.3 Å². The Morgan fingerprint density at radius 1 is 1.23 bits per heavy atom. The van der Waals surface area contributed by atoms with Crippen LogP contribution in [0.1, 0.15) is 43.0 Å². The number of hydrogen-bond donors (Lipinski definition) is 1. The second-order valence-electron chi connectivity index (χ2n) is 7.76. The molecule has 0 saturated heterocycles. The maximum atomic E-state index is 11.7. The number of aromatic nitrogens is 2. The summed E-state index contributed by atoms with van der Waals surface area (Å²) in [6.45, 7) is 3.83. The van der Waals surface area contributed by atoms with Crippen molar-refractivity contribution in [3.63, 3.8) is 0 Å². The van der Waals surface area contributed by atoms with Crippen LogP contribution in [0.4, 0.5) is 0 Å². The van der Waals surface area contributed by atoms with Gasteiger partial charge in [0, 0.05) is 17.2 Å². The minimum atomic E-state index is -3.29. The molecule has 4 rings (SSSR count). The third kappa shape index (κ3) is 4.61.